The molecule has 0 heterocycles. The van der Waals surface area contributed by atoms with E-state index in [0.29, 0.717) is 17.4 Å². The maximum Gasteiger partial charge on any atom is 0.104 e. The Kier molecular flexibility index (Phi) is 4.83. The summed E-state index contributed by atoms with van der Waals surface area (Å²) < 4.78 is 1.06. The zero-order chi connectivity index (χ0) is 14.0. The zero-order valence-electron chi connectivity index (χ0n) is 13.5. The molecule has 0 radical (unpaired) electrons. The van der Waals surface area contributed by atoms with E-state index in [1.54, 1.807) is 5.57 Å². The molecule has 2 unspecified atom stereocenters. The molecule has 1 rings (SSSR count). The first-order valence-corrected chi connectivity index (χ1v) is 7.38. The molecule has 18 heavy (non-hydrogen) atoms. The Morgan fingerprint density at radius 3 is 2.56 bits per heavy atom. The van der Waals surface area contributed by atoms with Gasteiger partial charge in [-0.25, -0.2) is 0 Å². The van der Waals surface area contributed by atoms with Crippen molar-refractivity contribution in [3.8, 4) is 0 Å². The quantitative estimate of drug-likeness (QED) is 0.512. The molecule has 0 bridgehead atoms. The number of hydrogen-bond acceptors (Lipinski definition) is 0. The molecule has 1 aliphatic rings. The van der Waals surface area contributed by atoms with E-state index in [-0.39, 0.29) is 0 Å². The van der Waals surface area contributed by atoms with Gasteiger partial charge in [-0.3, -0.25) is 0 Å². The molecule has 0 N–H and O–H groups in total. The van der Waals surface area contributed by atoms with Crippen LogP contribution in [0.3, 0.4) is 0 Å². The summed E-state index contributed by atoms with van der Waals surface area (Å²) in [4.78, 5) is 0. The highest BCUT2D eigenvalue weighted by molar-refractivity contribution is 5.19. The van der Waals surface area contributed by atoms with Crippen LogP contribution in [0.25, 0.3) is 0 Å². The molecule has 0 spiro atoms. The normalized spacial score (nSPS) is 26.2. The lowest BCUT2D eigenvalue weighted by Crippen LogP contribution is -2.46. The Balaban J connectivity index is 2.82. The third-order valence-electron chi connectivity index (χ3n) is 5.09. The van der Waals surface area contributed by atoms with Gasteiger partial charge in [-0.05, 0) is 45.1 Å². The SMILES string of the molecule is CC[N+](C)(C)C(C)/C=C/C1C(C)=CCCC1(C)C. The minimum Gasteiger partial charge on any atom is -0.323 e. The lowest BCUT2D eigenvalue weighted by molar-refractivity contribution is -0.904. The first-order valence-electron chi connectivity index (χ1n) is 7.38. The van der Waals surface area contributed by atoms with Gasteiger partial charge >= 0.3 is 0 Å². The highest BCUT2D eigenvalue weighted by atomic mass is 15.3. The molecule has 0 aliphatic heterocycles. The summed E-state index contributed by atoms with van der Waals surface area (Å²) in [5.74, 6) is 0.616. The molecule has 1 aliphatic carbocycles. The summed E-state index contributed by atoms with van der Waals surface area (Å²) in [7, 11) is 4.62. The summed E-state index contributed by atoms with van der Waals surface area (Å²) >= 11 is 0. The molecular weight excluding hydrogens is 218 g/mol. The smallest absolute Gasteiger partial charge is 0.104 e. The van der Waals surface area contributed by atoms with Crippen LogP contribution in [0.4, 0.5) is 0 Å². The van der Waals surface area contributed by atoms with Crippen molar-refractivity contribution in [2.45, 2.75) is 53.5 Å². The average Bonchev–Trinajstić information content (AvgIpc) is 2.27. The van der Waals surface area contributed by atoms with E-state index in [1.165, 1.54) is 19.4 Å². The Labute approximate surface area is 114 Å². The number of rotatable bonds is 4. The van der Waals surface area contributed by atoms with Crippen molar-refractivity contribution in [3.63, 3.8) is 0 Å². The largest absolute Gasteiger partial charge is 0.323 e. The molecule has 0 saturated carbocycles. The van der Waals surface area contributed by atoms with Crippen LogP contribution < -0.4 is 0 Å². The van der Waals surface area contributed by atoms with E-state index in [9.17, 15) is 0 Å². The lowest BCUT2D eigenvalue weighted by Gasteiger charge is -2.38. The fourth-order valence-corrected chi connectivity index (χ4v) is 2.78. The van der Waals surface area contributed by atoms with Gasteiger partial charge in [0.05, 0.1) is 20.6 Å². The van der Waals surface area contributed by atoms with Crippen LogP contribution in [0.15, 0.2) is 23.8 Å². The molecule has 104 valence electrons. The predicted octanol–water partition coefficient (Wildman–Crippen LogP) is 4.41. The van der Waals surface area contributed by atoms with E-state index in [1.807, 2.05) is 0 Å². The fraction of sp³-hybridized carbons (Fsp3) is 0.765. The molecule has 0 aromatic carbocycles. The van der Waals surface area contributed by atoms with Crippen LogP contribution in [-0.2, 0) is 0 Å². The van der Waals surface area contributed by atoms with Crippen molar-refractivity contribution in [1.29, 1.82) is 0 Å². The van der Waals surface area contributed by atoms with Crippen LogP contribution in [0, 0.1) is 11.3 Å². The number of nitrogens with zero attached hydrogens (tertiary/aromatic N) is 1. The first-order chi connectivity index (χ1) is 8.20. The maximum atomic E-state index is 2.46. The molecule has 0 fully saturated rings. The Morgan fingerprint density at radius 1 is 1.44 bits per heavy atom. The van der Waals surface area contributed by atoms with Crippen LogP contribution >= 0.6 is 0 Å². The van der Waals surface area contributed by atoms with Crippen molar-refractivity contribution < 1.29 is 4.48 Å². The average molecular weight is 250 g/mol. The van der Waals surface area contributed by atoms with Gasteiger partial charge in [0, 0.05) is 5.92 Å². The summed E-state index contributed by atoms with van der Waals surface area (Å²) in [6.07, 6.45) is 9.86. The van der Waals surface area contributed by atoms with E-state index in [0.717, 1.165) is 4.48 Å². The highest BCUT2D eigenvalue weighted by Gasteiger charge is 2.31. The Hall–Kier alpha value is -0.560. The van der Waals surface area contributed by atoms with Crippen molar-refractivity contribution in [2.75, 3.05) is 20.6 Å². The van der Waals surface area contributed by atoms with Gasteiger partial charge in [0.1, 0.15) is 6.04 Å². The molecular formula is C17H32N+. The third kappa shape index (κ3) is 3.47. The van der Waals surface area contributed by atoms with Gasteiger partial charge in [-0.2, -0.15) is 0 Å². The second-order valence-corrected chi connectivity index (χ2v) is 7.17. The summed E-state index contributed by atoms with van der Waals surface area (Å²) in [6.45, 7) is 12.9. The third-order valence-corrected chi connectivity index (χ3v) is 5.09. The topological polar surface area (TPSA) is 0 Å². The van der Waals surface area contributed by atoms with Crippen LogP contribution in [0.2, 0.25) is 0 Å². The van der Waals surface area contributed by atoms with E-state index in [4.69, 9.17) is 0 Å². The van der Waals surface area contributed by atoms with E-state index < -0.39 is 0 Å². The van der Waals surface area contributed by atoms with Gasteiger partial charge in [0.15, 0.2) is 0 Å². The number of quaternary nitrogens is 1. The van der Waals surface area contributed by atoms with Gasteiger partial charge in [-0.1, -0.05) is 31.6 Å². The number of hydrogen-bond donors (Lipinski definition) is 0. The van der Waals surface area contributed by atoms with Gasteiger partial charge in [0.25, 0.3) is 0 Å². The Bertz CT molecular complexity index is 334. The predicted molar refractivity (Wildman–Crippen MR) is 81.5 cm³/mol. The fourth-order valence-electron chi connectivity index (χ4n) is 2.78. The minimum atomic E-state index is 0.415. The molecule has 0 amide bonds. The van der Waals surface area contributed by atoms with Crippen molar-refractivity contribution in [2.24, 2.45) is 11.3 Å². The second kappa shape index (κ2) is 5.61. The van der Waals surface area contributed by atoms with Crippen molar-refractivity contribution >= 4 is 0 Å². The van der Waals surface area contributed by atoms with Gasteiger partial charge < -0.3 is 4.48 Å². The number of allylic oxidation sites excluding steroid dienone is 3. The summed E-state index contributed by atoms with van der Waals surface area (Å²) in [5, 5.41) is 0. The summed E-state index contributed by atoms with van der Waals surface area (Å²) in [5.41, 5.74) is 1.97. The molecule has 0 aromatic rings. The zero-order valence-corrected chi connectivity index (χ0v) is 13.5. The summed E-state index contributed by atoms with van der Waals surface area (Å²) in [6, 6.07) is 0.584. The van der Waals surface area contributed by atoms with Crippen LogP contribution in [0.1, 0.15) is 47.5 Å². The molecule has 2 atom stereocenters. The molecule has 1 heteroatoms. The van der Waals surface area contributed by atoms with Crippen molar-refractivity contribution in [3.05, 3.63) is 23.8 Å². The van der Waals surface area contributed by atoms with E-state index >= 15 is 0 Å². The molecule has 0 saturated heterocycles. The van der Waals surface area contributed by atoms with Crippen molar-refractivity contribution in [1.82, 2.24) is 0 Å². The van der Waals surface area contributed by atoms with Crippen LogP contribution in [-0.4, -0.2) is 31.2 Å². The number of likely N-dealkylation sites (N-methyl/N-ethyl adjacent to an activating group) is 1. The van der Waals surface area contributed by atoms with Gasteiger partial charge in [0.2, 0.25) is 0 Å². The minimum absolute atomic E-state index is 0.415. The first kappa shape index (κ1) is 15.5. The second-order valence-electron chi connectivity index (χ2n) is 7.17. The van der Waals surface area contributed by atoms with Gasteiger partial charge in [-0.15, -0.1) is 0 Å². The van der Waals surface area contributed by atoms with E-state index in [2.05, 4.69) is 66.9 Å². The standard InChI is InChI=1S/C17H32N/c1-8-18(6,7)15(3)11-12-16-14(2)10-9-13-17(16,4)5/h10-12,15-16H,8-9,13H2,1-7H3/q+1/b12-11+. The lowest BCUT2D eigenvalue weighted by atomic mass is 9.68. The Morgan fingerprint density at radius 2 is 2.06 bits per heavy atom. The maximum absolute atomic E-state index is 2.46. The molecule has 1 nitrogen and oxygen atoms in total. The monoisotopic (exact) mass is 250 g/mol. The van der Waals surface area contributed by atoms with Crippen LogP contribution in [0.5, 0.6) is 0 Å². The molecule has 0 aromatic heterocycles. The highest BCUT2D eigenvalue weighted by Crippen LogP contribution is 2.41.